The normalized spacial score (nSPS) is 13.1. The lowest BCUT2D eigenvalue weighted by molar-refractivity contribution is -0.166. The third-order valence-corrected chi connectivity index (χ3v) is 1.39. The summed E-state index contributed by atoms with van der Waals surface area (Å²) in [7, 11) is 0. The van der Waals surface area contributed by atoms with Gasteiger partial charge in [0, 0.05) is 0 Å². The predicted octanol–water partition coefficient (Wildman–Crippen LogP) is 1.60. The van der Waals surface area contributed by atoms with Crippen molar-refractivity contribution in [2.24, 2.45) is 5.92 Å². The molecule has 14 heavy (non-hydrogen) atoms. The summed E-state index contributed by atoms with van der Waals surface area (Å²) in [5.74, 6) is -3.05. The fraction of sp³-hybridized carbons (Fsp3) is 0.600. The fourth-order valence-electron chi connectivity index (χ4n) is 0.837. The van der Waals surface area contributed by atoms with E-state index in [2.05, 4.69) is 6.58 Å². The molecule has 0 aliphatic heterocycles. The molecule has 0 bridgehead atoms. The highest BCUT2D eigenvalue weighted by Gasteiger charge is 2.29. The second-order valence-corrected chi connectivity index (χ2v) is 3.95. The Morgan fingerprint density at radius 1 is 1.50 bits per heavy atom. The van der Waals surface area contributed by atoms with Crippen molar-refractivity contribution in [3.63, 3.8) is 0 Å². The highest BCUT2D eigenvalue weighted by atomic mass is 16.6. The van der Waals surface area contributed by atoms with E-state index in [9.17, 15) is 9.59 Å². The maximum atomic E-state index is 11.3. The summed E-state index contributed by atoms with van der Waals surface area (Å²) in [6, 6.07) is 0. The molecule has 4 heteroatoms. The van der Waals surface area contributed by atoms with E-state index in [0.29, 0.717) is 0 Å². The van der Waals surface area contributed by atoms with Gasteiger partial charge in [0.25, 0.3) is 0 Å². The summed E-state index contributed by atoms with van der Waals surface area (Å²) >= 11 is 0. The van der Waals surface area contributed by atoms with Crippen LogP contribution in [0.15, 0.2) is 12.7 Å². The number of hydrogen-bond acceptors (Lipinski definition) is 3. The Hall–Kier alpha value is -1.32. The number of aliphatic carboxylic acids is 1. The van der Waals surface area contributed by atoms with Gasteiger partial charge in [-0.3, -0.25) is 9.59 Å². The van der Waals surface area contributed by atoms with Crippen LogP contribution in [0.1, 0.15) is 27.2 Å². The number of carbonyl (C=O) groups is 2. The molecule has 0 fully saturated rings. The highest BCUT2D eigenvalue weighted by molar-refractivity contribution is 5.94. The van der Waals surface area contributed by atoms with Crippen LogP contribution >= 0.6 is 0 Å². The monoisotopic (exact) mass is 200 g/mol. The Labute approximate surface area is 83.6 Å². The maximum Gasteiger partial charge on any atom is 0.321 e. The molecular weight excluding hydrogens is 184 g/mol. The molecule has 0 heterocycles. The van der Waals surface area contributed by atoms with Gasteiger partial charge >= 0.3 is 11.9 Å². The van der Waals surface area contributed by atoms with Crippen LogP contribution in [0, 0.1) is 5.92 Å². The van der Waals surface area contributed by atoms with Gasteiger partial charge in [0.15, 0.2) is 5.92 Å². The lowest BCUT2D eigenvalue weighted by atomic mass is 10.1. The van der Waals surface area contributed by atoms with E-state index < -0.39 is 23.5 Å². The molecule has 0 spiro atoms. The lowest BCUT2D eigenvalue weighted by Crippen LogP contribution is -2.32. The molecule has 0 rings (SSSR count). The van der Waals surface area contributed by atoms with Gasteiger partial charge in [-0.2, -0.15) is 0 Å². The average Bonchev–Trinajstić information content (AvgIpc) is 1.95. The third kappa shape index (κ3) is 4.64. The fourth-order valence-corrected chi connectivity index (χ4v) is 0.837. The van der Waals surface area contributed by atoms with Gasteiger partial charge in [-0.25, -0.2) is 0 Å². The average molecular weight is 200 g/mol. The summed E-state index contributed by atoms with van der Waals surface area (Å²) in [6.07, 6.45) is 1.48. The minimum Gasteiger partial charge on any atom is -0.481 e. The van der Waals surface area contributed by atoms with Crippen molar-refractivity contribution in [1.82, 2.24) is 0 Å². The molecule has 80 valence electrons. The summed E-state index contributed by atoms with van der Waals surface area (Å²) in [5, 5.41) is 8.72. The Kier molecular flexibility index (Phi) is 4.34. The van der Waals surface area contributed by atoms with Crippen molar-refractivity contribution >= 4 is 11.9 Å². The van der Waals surface area contributed by atoms with Crippen molar-refractivity contribution < 1.29 is 19.4 Å². The maximum absolute atomic E-state index is 11.3. The summed E-state index contributed by atoms with van der Waals surface area (Å²) in [5.41, 5.74) is -0.661. The Balaban J connectivity index is 4.45. The molecule has 0 aromatic rings. The molecule has 0 aliphatic rings. The van der Waals surface area contributed by atoms with Gasteiger partial charge in [-0.15, -0.1) is 6.58 Å². The van der Waals surface area contributed by atoms with Crippen LogP contribution in [-0.4, -0.2) is 22.6 Å². The summed E-state index contributed by atoms with van der Waals surface area (Å²) in [6.45, 7) is 8.47. The Morgan fingerprint density at radius 2 is 2.00 bits per heavy atom. The number of carboxylic acid groups (broad SMARTS) is 1. The SMILES string of the molecule is C=CC[C@@H](C(=O)O)C(=O)OC(C)(C)C. The minimum atomic E-state index is -1.18. The van der Waals surface area contributed by atoms with Gasteiger partial charge < -0.3 is 9.84 Å². The van der Waals surface area contributed by atoms with Crippen LogP contribution < -0.4 is 0 Å². The molecule has 0 unspecified atom stereocenters. The molecule has 0 aromatic carbocycles. The molecule has 0 saturated heterocycles. The lowest BCUT2D eigenvalue weighted by Gasteiger charge is -2.21. The van der Waals surface area contributed by atoms with E-state index in [1.165, 1.54) is 6.08 Å². The standard InChI is InChI=1S/C10H16O4/c1-5-6-7(8(11)12)9(13)14-10(2,3)4/h5,7H,1,6H2,2-4H3,(H,11,12)/t7-/m0/s1. The molecule has 0 amide bonds. The number of ether oxygens (including phenoxy) is 1. The molecule has 0 saturated carbocycles. The number of allylic oxidation sites excluding steroid dienone is 1. The van der Waals surface area contributed by atoms with Crippen molar-refractivity contribution in [2.45, 2.75) is 32.8 Å². The first kappa shape index (κ1) is 12.7. The van der Waals surface area contributed by atoms with E-state index in [1.54, 1.807) is 20.8 Å². The molecule has 0 radical (unpaired) electrons. The molecule has 1 atom stereocenters. The Morgan fingerprint density at radius 3 is 2.29 bits per heavy atom. The molecule has 0 aromatic heterocycles. The molecule has 1 N–H and O–H groups in total. The van der Waals surface area contributed by atoms with Crippen LogP contribution in [0.3, 0.4) is 0 Å². The van der Waals surface area contributed by atoms with E-state index in [-0.39, 0.29) is 6.42 Å². The van der Waals surface area contributed by atoms with Crippen molar-refractivity contribution in [3.05, 3.63) is 12.7 Å². The number of rotatable bonds is 4. The van der Waals surface area contributed by atoms with E-state index >= 15 is 0 Å². The summed E-state index contributed by atoms with van der Waals surface area (Å²) in [4.78, 5) is 22.0. The van der Waals surface area contributed by atoms with Gasteiger partial charge in [0.2, 0.25) is 0 Å². The number of esters is 1. The first-order valence-electron chi connectivity index (χ1n) is 4.34. The van der Waals surface area contributed by atoms with Crippen molar-refractivity contribution in [1.29, 1.82) is 0 Å². The zero-order valence-electron chi connectivity index (χ0n) is 8.74. The van der Waals surface area contributed by atoms with Crippen molar-refractivity contribution in [3.8, 4) is 0 Å². The minimum absolute atomic E-state index is 0.0875. The van der Waals surface area contributed by atoms with Gasteiger partial charge in [-0.1, -0.05) is 6.08 Å². The predicted molar refractivity (Wildman–Crippen MR) is 51.8 cm³/mol. The van der Waals surface area contributed by atoms with Gasteiger partial charge in [0.05, 0.1) is 0 Å². The van der Waals surface area contributed by atoms with Crippen LogP contribution in [0.5, 0.6) is 0 Å². The Bertz CT molecular complexity index is 237. The van der Waals surface area contributed by atoms with Crippen LogP contribution in [0.25, 0.3) is 0 Å². The van der Waals surface area contributed by atoms with Gasteiger partial charge in [-0.05, 0) is 27.2 Å². The molecular formula is C10H16O4. The number of hydrogen-bond donors (Lipinski definition) is 1. The smallest absolute Gasteiger partial charge is 0.321 e. The first-order valence-corrected chi connectivity index (χ1v) is 4.34. The van der Waals surface area contributed by atoms with E-state index in [1.807, 2.05) is 0 Å². The zero-order valence-corrected chi connectivity index (χ0v) is 8.74. The highest BCUT2D eigenvalue weighted by Crippen LogP contribution is 2.14. The van der Waals surface area contributed by atoms with Crippen LogP contribution in [-0.2, 0) is 14.3 Å². The number of carbonyl (C=O) groups excluding carboxylic acids is 1. The second kappa shape index (κ2) is 4.79. The zero-order chi connectivity index (χ0) is 11.4. The van der Waals surface area contributed by atoms with Crippen LogP contribution in [0.2, 0.25) is 0 Å². The van der Waals surface area contributed by atoms with E-state index in [4.69, 9.17) is 9.84 Å². The molecule has 0 aliphatic carbocycles. The quantitative estimate of drug-likeness (QED) is 0.425. The largest absolute Gasteiger partial charge is 0.481 e. The van der Waals surface area contributed by atoms with Crippen molar-refractivity contribution in [2.75, 3.05) is 0 Å². The first-order chi connectivity index (χ1) is 6.28. The number of carboxylic acids is 1. The van der Waals surface area contributed by atoms with Crippen LogP contribution in [0.4, 0.5) is 0 Å². The summed E-state index contributed by atoms with van der Waals surface area (Å²) < 4.78 is 4.95. The topological polar surface area (TPSA) is 63.6 Å². The molecule has 4 nitrogen and oxygen atoms in total. The van der Waals surface area contributed by atoms with E-state index in [0.717, 1.165) is 0 Å². The van der Waals surface area contributed by atoms with Gasteiger partial charge in [0.1, 0.15) is 5.60 Å². The second-order valence-electron chi connectivity index (χ2n) is 3.95. The third-order valence-electron chi connectivity index (χ3n) is 1.39.